The number of anilines is 1. The normalized spacial score (nSPS) is 14.1. The Kier molecular flexibility index (Phi) is 5.49. The summed E-state index contributed by atoms with van der Waals surface area (Å²) in [7, 11) is 0. The number of para-hydroxylation sites is 1. The van der Waals surface area contributed by atoms with E-state index in [1.54, 1.807) is 11.3 Å². The Morgan fingerprint density at radius 1 is 0.969 bits per heavy atom. The molecule has 32 heavy (non-hydrogen) atoms. The van der Waals surface area contributed by atoms with E-state index in [0.717, 1.165) is 35.2 Å². The number of benzene rings is 2. The van der Waals surface area contributed by atoms with Crippen LogP contribution in [-0.4, -0.2) is 51.8 Å². The Bertz CT molecular complexity index is 1220. The minimum Gasteiger partial charge on any atom is -0.345 e. The molecule has 0 N–H and O–H groups in total. The van der Waals surface area contributed by atoms with E-state index in [0.29, 0.717) is 18.7 Å². The van der Waals surface area contributed by atoms with Gasteiger partial charge in [-0.05, 0) is 43.2 Å². The highest BCUT2D eigenvalue weighted by Gasteiger charge is 2.27. The van der Waals surface area contributed by atoms with Crippen molar-refractivity contribution in [3.8, 4) is 16.9 Å². The first-order valence-corrected chi connectivity index (χ1v) is 11.6. The van der Waals surface area contributed by atoms with Gasteiger partial charge in [-0.25, -0.2) is 9.67 Å². The molecule has 0 spiro atoms. The van der Waals surface area contributed by atoms with E-state index in [-0.39, 0.29) is 5.91 Å². The Balaban J connectivity index is 1.47. The van der Waals surface area contributed by atoms with E-state index in [4.69, 9.17) is 5.10 Å². The summed E-state index contributed by atoms with van der Waals surface area (Å²) in [6, 6.07) is 16.2. The van der Waals surface area contributed by atoms with Gasteiger partial charge in [-0.3, -0.25) is 4.79 Å². The Hall–Kier alpha value is -3.45. The van der Waals surface area contributed by atoms with Gasteiger partial charge in [0.15, 0.2) is 5.13 Å². The molecule has 2 aromatic heterocycles. The lowest BCUT2D eigenvalue weighted by Gasteiger charge is -2.34. The molecular formula is C25H25N5OS. The predicted molar refractivity (Wildman–Crippen MR) is 129 cm³/mol. The summed E-state index contributed by atoms with van der Waals surface area (Å²) in [5, 5.41) is 7.85. The molecule has 1 aliphatic rings. The monoisotopic (exact) mass is 443 g/mol. The maximum atomic E-state index is 13.6. The number of hydrogen-bond acceptors (Lipinski definition) is 5. The molecule has 162 valence electrons. The quantitative estimate of drug-likeness (QED) is 0.463. The minimum atomic E-state index is 0.0270. The minimum absolute atomic E-state index is 0.0270. The van der Waals surface area contributed by atoms with E-state index in [2.05, 4.69) is 41.9 Å². The number of amides is 1. The van der Waals surface area contributed by atoms with Crippen molar-refractivity contribution in [3.05, 3.63) is 83.0 Å². The molecule has 5 rings (SSSR count). The smallest absolute Gasteiger partial charge is 0.257 e. The van der Waals surface area contributed by atoms with Crippen LogP contribution < -0.4 is 4.90 Å². The molecule has 0 atom stereocenters. The largest absolute Gasteiger partial charge is 0.345 e. The highest BCUT2D eigenvalue weighted by molar-refractivity contribution is 7.13. The number of aryl methyl sites for hydroxylation is 2. The number of carbonyl (C=O) groups is 1. The molecule has 1 saturated heterocycles. The average molecular weight is 444 g/mol. The third kappa shape index (κ3) is 3.91. The molecule has 1 fully saturated rings. The summed E-state index contributed by atoms with van der Waals surface area (Å²) in [4.78, 5) is 22.2. The molecule has 0 unspecified atom stereocenters. The lowest BCUT2D eigenvalue weighted by Crippen LogP contribution is -2.48. The van der Waals surface area contributed by atoms with Crippen LogP contribution in [0.15, 0.2) is 66.3 Å². The van der Waals surface area contributed by atoms with Crippen LogP contribution in [-0.2, 0) is 0 Å². The van der Waals surface area contributed by atoms with Crippen LogP contribution >= 0.6 is 11.3 Å². The van der Waals surface area contributed by atoms with Crippen LogP contribution in [0.1, 0.15) is 21.5 Å². The van der Waals surface area contributed by atoms with Crippen molar-refractivity contribution in [1.82, 2.24) is 19.7 Å². The van der Waals surface area contributed by atoms with E-state index >= 15 is 0 Å². The summed E-state index contributed by atoms with van der Waals surface area (Å²) in [6.45, 7) is 7.08. The second-order valence-electron chi connectivity index (χ2n) is 8.06. The summed E-state index contributed by atoms with van der Waals surface area (Å²) in [5.74, 6) is 0.0270. The van der Waals surface area contributed by atoms with Gasteiger partial charge in [-0.1, -0.05) is 30.3 Å². The number of piperazine rings is 1. The van der Waals surface area contributed by atoms with Gasteiger partial charge in [0.25, 0.3) is 5.91 Å². The number of rotatable bonds is 4. The van der Waals surface area contributed by atoms with Gasteiger partial charge in [0.2, 0.25) is 0 Å². The zero-order chi connectivity index (χ0) is 22.1. The first-order valence-electron chi connectivity index (χ1n) is 10.8. The van der Waals surface area contributed by atoms with Gasteiger partial charge >= 0.3 is 0 Å². The summed E-state index contributed by atoms with van der Waals surface area (Å²) < 4.78 is 1.81. The number of nitrogens with zero attached hydrogens (tertiary/aromatic N) is 5. The number of thiazole rings is 1. The van der Waals surface area contributed by atoms with E-state index in [1.807, 2.05) is 57.7 Å². The summed E-state index contributed by atoms with van der Waals surface area (Å²) in [5.41, 5.74) is 5.68. The standard InChI is InChI=1S/C25H25N5OS/c1-18-8-9-20(16-19(18)2)23-22(17-30(27-23)21-6-4-3-5-7-21)24(31)28-11-13-29(14-12-28)25-26-10-15-32-25/h3-10,15-17H,11-14H2,1-2H3. The third-order valence-corrected chi connectivity index (χ3v) is 6.83. The van der Waals surface area contributed by atoms with Gasteiger partial charge in [0.1, 0.15) is 5.69 Å². The maximum Gasteiger partial charge on any atom is 0.257 e. The first kappa shape index (κ1) is 20.5. The number of carbonyl (C=O) groups excluding carboxylic acids is 1. The fourth-order valence-electron chi connectivity index (χ4n) is 3.99. The van der Waals surface area contributed by atoms with Crippen LogP contribution in [0.2, 0.25) is 0 Å². The van der Waals surface area contributed by atoms with Crippen molar-refractivity contribution in [1.29, 1.82) is 0 Å². The highest BCUT2D eigenvalue weighted by Crippen LogP contribution is 2.28. The maximum absolute atomic E-state index is 13.6. The fraction of sp³-hybridized carbons (Fsp3) is 0.240. The second-order valence-corrected chi connectivity index (χ2v) is 8.94. The van der Waals surface area contributed by atoms with Crippen LogP contribution in [0.3, 0.4) is 0 Å². The van der Waals surface area contributed by atoms with Crippen LogP contribution in [0, 0.1) is 13.8 Å². The third-order valence-electron chi connectivity index (χ3n) is 6.00. The number of aromatic nitrogens is 3. The summed E-state index contributed by atoms with van der Waals surface area (Å²) in [6.07, 6.45) is 3.70. The van der Waals surface area contributed by atoms with Gasteiger partial charge < -0.3 is 9.80 Å². The molecule has 0 radical (unpaired) electrons. The fourth-order valence-corrected chi connectivity index (χ4v) is 4.69. The Labute approximate surface area is 191 Å². The van der Waals surface area contributed by atoms with Crippen molar-refractivity contribution in [2.75, 3.05) is 31.1 Å². The molecule has 0 saturated carbocycles. The molecule has 6 nitrogen and oxygen atoms in total. The molecule has 0 aliphatic carbocycles. The number of hydrogen-bond donors (Lipinski definition) is 0. The summed E-state index contributed by atoms with van der Waals surface area (Å²) >= 11 is 1.64. The zero-order valence-electron chi connectivity index (χ0n) is 18.2. The molecule has 3 heterocycles. The zero-order valence-corrected chi connectivity index (χ0v) is 19.0. The van der Waals surface area contributed by atoms with Gasteiger partial charge in [-0.2, -0.15) is 5.10 Å². The lowest BCUT2D eigenvalue weighted by atomic mass is 10.0. The highest BCUT2D eigenvalue weighted by atomic mass is 32.1. The van der Waals surface area contributed by atoms with Crippen molar-refractivity contribution >= 4 is 22.4 Å². The molecule has 4 aromatic rings. The van der Waals surface area contributed by atoms with Crippen molar-refractivity contribution in [2.45, 2.75) is 13.8 Å². The van der Waals surface area contributed by atoms with Crippen LogP contribution in [0.5, 0.6) is 0 Å². The molecular weight excluding hydrogens is 418 g/mol. The van der Waals surface area contributed by atoms with Gasteiger partial charge in [-0.15, -0.1) is 11.3 Å². The van der Waals surface area contributed by atoms with Crippen molar-refractivity contribution in [2.24, 2.45) is 0 Å². The van der Waals surface area contributed by atoms with E-state index in [1.165, 1.54) is 11.1 Å². The first-order chi connectivity index (χ1) is 15.6. The van der Waals surface area contributed by atoms with Gasteiger partial charge in [0.05, 0.1) is 11.3 Å². The van der Waals surface area contributed by atoms with Gasteiger partial charge in [0, 0.05) is 49.5 Å². The van der Waals surface area contributed by atoms with Crippen molar-refractivity contribution < 1.29 is 4.79 Å². The molecule has 7 heteroatoms. The van der Waals surface area contributed by atoms with Crippen LogP contribution in [0.4, 0.5) is 5.13 Å². The SMILES string of the molecule is Cc1ccc(-c2nn(-c3ccccc3)cc2C(=O)N2CCN(c3nccs3)CC2)cc1C. The predicted octanol–water partition coefficient (Wildman–Crippen LogP) is 4.58. The lowest BCUT2D eigenvalue weighted by molar-refractivity contribution is 0.0747. The molecule has 2 aromatic carbocycles. The van der Waals surface area contributed by atoms with Crippen molar-refractivity contribution in [3.63, 3.8) is 0 Å². The Morgan fingerprint density at radius 2 is 1.75 bits per heavy atom. The Morgan fingerprint density at radius 3 is 2.44 bits per heavy atom. The topological polar surface area (TPSA) is 54.3 Å². The molecule has 1 aliphatic heterocycles. The van der Waals surface area contributed by atoms with E-state index in [9.17, 15) is 4.79 Å². The molecule has 1 amide bonds. The van der Waals surface area contributed by atoms with E-state index < -0.39 is 0 Å². The average Bonchev–Trinajstić information content (AvgIpc) is 3.52. The molecule has 0 bridgehead atoms. The van der Waals surface area contributed by atoms with Crippen LogP contribution in [0.25, 0.3) is 16.9 Å². The second kappa shape index (κ2) is 8.59.